The number of likely N-dealkylation sites (N-methyl/N-ethyl adjacent to an activating group) is 1. The molecule has 0 saturated carbocycles. The lowest BCUT2D eigenvalue weighted by molar-refractivity contribution is 0.265. The molecule has 102 valence electrons. The number of hydrogen-bond acceptors (Lipinski definition) is 4. The van der Waals surface area contributed by atoms with Crippen LogP contribution in [0.1, 0.15) is 12.6 Å². The van der Waals surface area contributed by atoms with Crippen molar-refractivity contribution < 1.29 is 5.11 Å². The van der Waals surface area contributed by atoms with Crippen LogP contribution in [0.15, 0.2) is 24.4 Å². The molecule has 0 radical (unpaired) electrons. The summed E-state index contributed by atoms with van der Waals surface area (Å²) < 4.78 is 1.97. The second kappa shape index (κ2) is 4.83. The molecule has 5 heteroatoms. The molecule has 1 aliphatic rings. The van der Waals surface area contributed by atoms with E-state index in [1.165, 1.54) is 0 Å². The highest BCUT2D eigenvalue weighted by Crippen LogP contribution is 2.25. The highest BCUT2D eigenvalue weighted by atomic mass is 16.3. The predicted octanol–water partition coefficient (Wildman–Crippen LogP) is 0.967. The Kier molecular flexibility index (Phi) is 3.16. The highest BCUT2D eigenvalue weighted by Gasteiger charge is 2.26. The average molecular weight is 260 g/mol. The Morgan fingerprint density at radius 1 is 1.37 bits per heavy atom. The summed E-state index contributed by atoms with van der Waals surface area (Å²) in [6.45, 7) is 5.23. The van der Waals surface area contributed by atoms with E-state index in [-0.39, 0.29) is 6.61 Å². The molecule has 19 heavy (non-hydrogen) atoms. The van der Waals surface area contributed by atoms with Crippen molar-refractivity contribution in [2.45, 2.75) is 19.6 Å². The number of fused-ring (bicyclic) bond motifs is 1. The molecule has 1 fully saturated rings. The first-order valence-corrected chi connectivity index (χ1v) is 6.72. The number of nitrogens with zero attached hydrogens (tertiary/aromatic N) is 4. The van der Waals surface area contributed by atoms with Crippen molar-refractivity contribution in [2.75, 3.05) is 31.6 Å². The minimum absolute atomic E-state index is 0.0135. The zero-order valence-electron chi connectivity index (χ0n) is 11.5. The van der Waals surface area contributed by atoms with E-state index in [9.17, 15) is 5.11 Å². The summed E-state index contributed by atoms with van der Waals surface area (Å²) in [6.07, 6.45) is 1.96. The quantitative estimate of drug-likeness (QED) is 0.874. The van der Waals surface area contributed by atoms with E-state index in [0.29, 0.717) is 6.04 Å². The average Bonchev–Trinajstić information content (AvgIpc) is 2.76. The third kappa shape index (κ3) is 2.09. The van der Waals surface area contributed by atoms with Gasteiger partial charge in [-0.2, -0.15) is 0 Å². The number of rotatable bonds is 2. The van der Waals surface area contributed by atoms with Crippen LogP contribution in [-0.2, 0) is 6.61 Å². The molecule has 3 heterocycles. The molecule has 5 nitrogen and oxygen atoms in total. The topological polar surface area (TPSA) is 44.0 Å². The summed E-state index contributed by atoms with van der Waals surface area (Å²) >= 11 is 0. The smallest absolute Gasteiger partial charge is 0.153 e. The molecule has 1 unspecified atom stereocenters. The van der Waals surface area contributed by atoms with E-state index in [1.54, 1.807) is 0 Å². The number of imidazole rings is 1. The minimum Gasteiger partial charge on any atom is -0.390 e. The molecular weight excluding hydrogens is 240 g/mol. The molecule has 1 aliphatic heterocycles. The van der Waals surface area contributed by atoms with Gasteiger partial charge in [-0.15, -0.1) is 0 Å². The number of aromatic nitrogens is 2. The summed E-state index contributed by atoms with van der Waals surface area (Å²) in [5, 5.41) is 9.68. The SMILES string of the molecule is CC1CN(C)CCN1c1nc2ccccn2c1CO. The molecule has 3 rings (SSSR count). The van der Waals surface area contributed by atoms with Gasteiger partial charge in [0, 0.05) is 31.9 Å². The largest absolute Gasteiger partial charge is 0.390 e. The molecule has 0 aromatic carbocycles. The summed E-state index contributed by atoms with van der Waals surface area (Å²) in [5.74, 6) is 0.925. The van der Waals surface area contributed by atoms with Gasteiger partial charge in [0.2, 0.25) is 0 Å². The van der Waals surface area contributed by atoms with Crippen LogP contribution in [0.25, 0.3) is 5.65 Å². The number of pyridine rings is 1. The molecule has 0 spiro atoms. The van der Waals surface area contributed by atoms with Crippen molar-refractivity contribution in [3.63, 3.8) is 0 Å². The highest BCUT2D eigenvalue weighted by molar-refractivity contribution is 5.56. The van der Waals surface area contributed by atoms with Gasteiger partial charge in [-0.05, 0) is 26.1 Å². The third-order valence-electron chi connectivity index (χ3n) is 3.86. The number of hydrogen-bond donors (Lipinski definition) is 1. The zero-order chi connectivity index (χ0) is 13.4. The minimum atomic E-state index is 0.0135. The van der Waals surface area contributed by atoms with Crippen LogP contribution in [-0.4, -0.2) is 52.1 Å². The summed E-state index contributed by atoms with van der Waals surface area (Å²) in [6, 6.07) is 6.32. The van der Waals surface area contributed by atoms with Crippen molar-refractivity contribution in [1.82, 2.24) is 14.3 Å². The van der Waals surface area contributed by atoms with Gasteiger partial charge in [-0.1, -0.05) is 6.07 Å². The van der Waals surface area contributed by atoms with Crippen LogP contribution in [0.3, 0.4) is 0 Å². The fourth-order valence-corrected chi connectivity index (χ4v) is 2.87. The summed E-state index contributed by atoms with van der Waals surface area (Å²) in [7, 11) is 2.14. The molecular formula is C14H20N4O. The second-order valence-corrected chi connectivity index (χ2v) is 5.27. The van der Waals surface area contributed by atoms with Crippen LogP contribution in [0.5, 0.6) is 0 Å². The molecule has 2 aromatic rings. The van der Waals surface area contributed by atoms with Gasteiger partial charge in [0.15, 0.2) is 5.82 Å². The van der Waals surface area contributed by atoms with Crippen LogP contribution in [0, 0.1) is 0 Å². The fraction of sp³-hybridized carbons (Fsp3) is 0.500. The molecule has 0 amide bonds. The second-order valence-electron chi connectivity index (χ2n) is 5.27. The Morgan fingerprint density at radius 3 is 2.95 bits per heavy atom. The van der Waals surface area contributed by atoms with Gasteiger partial charge in [0.25, 0.3) is 0 Å². The van der Waals surface area contributed by atoms with Crippen LogP contribution < -0.4 is 4.90 Å². The maximum atomic E-state index is 9.68. The van der Waals surface area contributed by atoms with E-state index in [2.05, 4.69) is 23.8 Å². The van der Waals surface area contributed by atoms with Gasteiger partial charge < -0.3 is 14.9 Å². The van der Waals surface area contributed by atoms with E-state index in [4.69, 9.17) is 4.98 Å². The lowest BCUT2D eigenvalue weighted by Crippen LogP contribution is -2.51. The monoisotopic (exact) mass is 260 g/mol. The maximum absolute atomic E-state index is 9.68. The van der Waals surface area contributed by atoms with Gasteiger partial charge in [0.05, 0.1) is 12.3 Å². The number of anilines is 1. The predicted molar refractivity (Wildman–Crippen MR) is 75.4 cm³/mol. The van der Waals surface area contributed by atoms with E-state index >= 15 is 0 Å². The Morgan fingerprint density at radius 2 is 2.21 bits per heavy atom. The molecule has 0 bridgehead atoms. The van der Waals surface area contributed by atoms with Crippen molar-refractivity contribution in [3.8, 4) is 0 Å². The molecule has 1 atom stereocenters. The van der Waals surface area contributed by atoms with Gasteiger partial charge in [0.1, 0.15) is 5.65 Å². The maximum Gasteiger partial charge on any atom is 0.153 e. The van der Waals surface area contributed by atoms with Crippen LogP contribution >= 0.6 is 0 Å². The van der Waals surface area contributed by atoms with Crippen molar-refractivity contribution >= 4 is 11.5 Å². The number of aliphatic hydroxyl groups excluding tert-OH is 1. The van der Waals surface area contributed by atoms with E-state index < -0.39 is 0 Å². The van der Waals surface area contributed by atoms with E-state index in [1.807, 2.05) is 28.8 Å². The Bertz CT molecular complexity index is 580. The van der Waals surface area contributed by atoms with Gasteiger partial charge in [-0.3, -0.25) is 4.40 Å². The summed E-state index contributed by atoms with van der Waals surface area (Å²) in [4.78, 5) is 9.33. The first-order chi connectivity index (χ1) is 9.20. The first kappa shape index (κ1) is 12.4. The fourth-order valence-electron chi connectivity index (χ4n) is 2.87. The van der Waals surface area contributed by atoms with Gasteiger partial charge >= 0.3 is 0 Å². The zero-order valence-corrected chi connectivity index (χ0v) is 11.5. The molecule has 1 saturated heterocycles. The lowest BCUT2D eigenvalue weighted by Gasteiger charge is -2.38. The van der Waals surface area contributed by atoms with Crippen LogP contribution in [0.4, 0.5) is 5.82 Å². The van der Waals surface area contributed by atoms with Crippen molar-refractivity contribution in [1.29, 1.82) is 0 Å². The number of piperazine rings is 1. The summed E-state index contributed by atoms with van der Waals surface area (Å²) in [5.41, 5.74) is 1.78. The normalized spacial score (nSPS) is 21.2. The molecule has 0 aliphatic carbocycles. The van der Waals surface area contributed by atoms with Crippen molar-refractivity contribution in [2.24, 2.45) is 0 Å². The lowest BCUT2D eigenvalue weighted by atomic mass is 10.2. The third-order valence-corrected chi connectivity index (χ3v) is 3.86. The first-order valence-electron chi connectivity index (χ1n) is 6.72. The standard InChI is InChI=1S/C14H20N4O/c1-11-9-16(2)7-8-17(11)14-12(10-19)18-6-4-3-5-13(18)15-14/h3-6,11,19H,7-10H2,1-2H3. The van der Waals surface area contributed by atoms with E-state index in [0.717, 1.165) is 36.8 Å². The number of aliphatic hydroxyl groups is 1. The van der Waals surface area contributed by atoms with Crippen LogP contribution in [0.2, 0.25) is 0 Å². The Labute approximate surface area is 113 Å². The Balaban J connectivity index is 2.04. The van der Waals surface area contributed by atoms with Gasteiger partial charge in [-0.25, -0.2) is 4.98 Å². The van der Waals surface area contributed by atoms with Crippen molar-refractivity contribution in [3.05, 3.63) is 30.1 Å². The molecule has 1 N–H and O–H groups in total. The Hall–Kier alpha value is -1.59. The molecule has 2 aromatic heterocycles.